The Labute approximate surface area is 279 Å². The third-order valence-electron chi connectivity index (χ3n) is 8.77. The molecular formula is C38H38N6O4. The molecule has 2 fully saturated rings. The lowest BCUT2D eigenvalue weighted by atomic mass is 10.1. The van der Waals surface area contributed by atoms with Gasteiger partial charge in [-0.25, -0.2) is 0 Å². The number of aromatic nitrogens is 2. The number of carbonyl (C=O) groups is 4. The van der Waals surface area contributed by atoms with Gasteiger partial charge in [0.1, 0.15) is 12.1 Å². The van der Waals surface area contributed by atoms with Crippen molar-refractivity contribution in [2.75, 3.05) is 23.7 Å². The van der Waals surface area contributed by atoms with Crippen LogP contribution in [0.2, 0.25) is 0 Å². The summed E-state index contributed by atoms with van der Waals surface area (Å²) in [5.74, 6) is -0.765. The summed E-state index contributed by atoms with van der Waals surface area (Å²) in [7, 11) is 0. The molecule has 2 aromatic carbocycles. The standard InChI is InChI=1S/C38H38N6O4/c1-25-7-15-29(23-39-25)37(47)43-21-3-5-33(43)35(45)41-31-17-11-27(12-18-31)9-10-28-13-19-32(20-14-28)42-36(46)34-6-4-22-44(34)38(48)30-16-8-26(2)40-24-30/h7-20,23-24,33-34H,3-6,21-22H2,1-2H3,(H,41,45)(H,42,46)/b10-9+/t33-,34-/m0/s1. The largest absolute Gasteiger partial charge is 0.327 e. The Morgan fingerprint density at radius 1 is 0.604 bits per heavy atom. The first-order valence-corrected chi connectivity index (χ1v) is 16.2. The van der Waals surface area contributed by atoms with Crippen molar-refractivity contribution in [2.45, 2.75) is 51.6 Å². The van der Waals surface area contributed by atoms with E-state index in [0.29, 0.717) is 48.4 Å². The monoisotopic (exact) mass is 642 g/mol. The third-order valence-corrected chi connectivity index (χ3v) is 8.77. The van der Waals surface area contributed by atoms with E-state index in [9.17, 15) is 19.2 Å². The number of pyridine rings is 2. The molecule has 2 aliphatic rings. The summed E-state index contributed by atoms with van der Waals surface area (Å²) in [5, 5.41) is 5.92. The molecule has 4 heterocycles. The molecule has 6 rings (SSSR count). The number of benzene rings is 2. The Kier molecular flexibility index (Phi) is 9.70. The lowest BCUT2D eigenvalue weighted by molar-refractivity contribution is -0.120. The van der Waals surface area contributed by atoms with Crippen LogP contribution in [0.25, 0.3) is 12.2 Å². The zero-order valence-corrected chi connectivity index (χ0v) is 27.1. The number of rotatable bonds is 8. The van der Waals surface area contributed by atoms with Gasteiger partial charge in [0, 0.05) is 48.2 Å². The van der Waals surface area contributed by atoms with E-state index in [1.165, 1.54) is 0 Å². The molecule has 10 nitrogen and oxygen atoms in total. The number of carbonyl (C=O) groups excluding carboxylic acids is 4. The minimum Gasteiger partial charge on any atom is -0.327 e. The highest BCUT2D eigenvalue weighted by Gasteiger charge is 2.36. The summed E-state index contributed by atoms with van der Waals surface area (Å²) < 4.78 is 0. The molecular weight excluding hydrogens is 604 g/mol. The minimum absolute atomic E-state index is 0.181. The Morgan fingerprint density at radius 2 is 1.00 bits per heavy atom. The van der Waals surface area contributed by atoms with E-state index in [-0.39, 0.29) is 23.6 Å². The molecule has 2 aliphatic heterocycles. The lowest BCUT2D eigenvalue weighted by Crippen LogP contribution is -2.43. The van der Waals surface area contributed by atoms with Crippen molar-refractivity contribution in [3.63, 3.8) is 0 Å². The second-order valence-corrected chi connectivity index (χ2v) is 12.2. The molecule has 0 unspecified atom stereocenters. The zero-order chi connectivity index (χ0) is 33.6. The molecule has 0 radical (unpaired) electrons. The normalized spacial score (nSPS) is 17.5. The Balaban J connectivity index is 1.01. The van der Waals surface area contributed by atoms with E-state index >= 15 is 0 Å². The number of likely N-dealkylation sites (tertiary alicyclic amines) is 2. The summed E-state index contributed by atoms with van der Waals surface area (Å²) in [6, 6.07) is 21.1. The number of hydrogen-bond donors (Lipinski definition) is 2. The van der Waals surface area contributed by atoms with Crippen molar-refractivity contribution in [2.24, 2.45) is 0 Å². The van der Waals surface area contributed by atoms with E-state index in [1.54, 1.807) is 46.5 Å². The van der Waals surface area contributed by atoms with Gasteiger partial charge in [-0.2, -0.15) is 0 Å². The van der Waals surface area contributed by atoms with Crippen LogP contribution >= 0.6 is 0 Å². The molecule has 10 heteroatoms. The van der Waals surface area contributed by atoms with Crippen LogP contribution in [0.15, 0.2) is 85.2 Å². The number of nitrogens with one attached hydrogen (secondary N) is 2. The van der Waals surface area contributed by atoms with Crippen LogP contribution in [-0.4, -0.2) is 68.6 Å². The van der Waals surface area contributed by atoms with Crippen LogP contribution in [-0.2, 0) is 9.59 Å². The molecule has 244 valence electrons. The smallest absolute Gasteiger partial charge is 0.256 e. The van der Waals surface area contributed by atoms with Crippen LogP contribution < -0.4 is 10.6 Å². The molecule has 48 heavy (non-hydrogen) atoms. The summed E-state index contributed by atoms with van der Waals surface area (Å²) in [6.45, 7) is 4.80. The summed E-state index contributed by atoms with van der Waals surface area (Å²) in [4.78, 5) is 64.0. The van der Waals surface area contributed by atoms with E-state index in [2.05, 4.69) is 20.6 Å². The topological polar surface area (TPSA) is 125 Å². The molecule has 4 aromatic rings. The van der Waals surface area contributed by atoms with Gasteiger partial charge in [0.25, 0.3) is 11.8 Å². The van der Waals surface area contributed by atoms with E-state index in [1.807, 2.05) is 74.5 Å². The first kappa shape index (κ1) is 32.3. The quantitative estimate of drug-likeness (QED) is 0.236. The fourth-order valence-corrected chi connectivity index (χ4v) is 6.08. The van der Waals surface area contributed by atoms with E-state index in [0.717, 1.165) is 35.4 Å². The van der Waals surface area contributed by atoms with Crippen molar-refractivity contribution in [3.05, 3.63) is 119 Å². The van der Waals surface area contributed by atoms with Crippen molar-refractivity contribution >= 4 is 47.2 Å². The molecule has 4 amide bonds. The van der Waals surface area contributed by atoms with Gasteiger partial charge >= 0.3 is 0 Å². The maximum Gasteiger partial charge on any atom is 0.256 e. The van der Waals surface area contributed by atoms with Crippen molar-refractivity contribution < 1.29 is 19.2 Å². The summed E-state index contributed by atoms with van der Waals surface area (Å²) in [5.41, 5.74) is 5.85. The molecule has 2 atom stereocenters. The van der Waals surface area contributed by atoms with E-state index < -0.39 is 12.1 Å². The van der Waals surface area contributed by atoms with Gasteiger partial charge in [-0.05, 0) is 99.2 Å². The summed E-state index contributed by atoms with van der Waals surface area (Å²) in [6.07, 6.45) is 9.83. The van der Waals surface area contributed by atoms with Gasteiger partial charge in [-0.15, -0.1) is 0 Å². The van der Waals surface area contributed by atoms with Gasteiger partial charge in [0.15, 0.2) is 0 Å². The second-order valence-electron chi connectivity index (χ2n) is 12.2. The lowest BCUT2D eigenvalue weighted by Gasteiger charge is -2.24. The molecule has 2 aromatic heterocycles. The number of nitrogens with zero attached hydrogens (tertiary/aromatic N) is 4. The first-order valence-electron chi connectivity index (χ1n) is 16.2. The predicted molar refractivity (Wildman–Crippen MR) is 185 cm³/mol. The minimum atomic E-state index is -0.526. The maximum atomic E-state index is 13.1. The van der Waals surface area contributed by atoms with E-state index in [4.69, 9.17) is 0 Å². The van der Waals surface area contributed by atoms with Gasteiger partial charge in [-0.3, -0.25) is 29.1 Å². The molecule has 2 N–H and O–H groups in total. The Morgan fingerprint density at radius 3 is 1.35 bits per heavy atom. The fourth-order valence-electron chi connectivity index (χ4n) is 6.08. The molecule has 0 bridgehead atoms. The zero-order valence-electron chi connectivity index (χ0n) is 27.1. The van der Waals surface area contributed by atoms with Crippen molar-refractivity contribution in [3.8, 4) is 0 Å². The number of amides is 4. The highest BCUT2D eigenvalue weighted by molar-refractivity contribution is 6.02. The van der Waals surface area contributed by atoms with Gasteiger partial charge in [-0.1, -0.05) is 36.4 Å². The number of hydrogen-bond acceptors (Lipinski definition) is 6. The van der Waals surface area contributed by atoms with Gasteiger partial charge in [0.2, 0.25) is 11.8 Å². The summed E-state index contributed by atoms with van der Waals surface area (Å²) >= 11 is 0. The average molecular weight is 643 g/mol. The van der Waals surface area contributed by atoms with Gasteiger partial charge in [0.05, 0.1) is 11.1 Å². The van der Waals surface area contributed by atoms with Crippen LogP contribution in [0.3, 0.4) is 0 Å². The SMILES string of the molecule is Cc1ccc(C(=O)N2CCC[C@H]2C(=O)Nc2ccc(/C=C/c3ccc(NC(=O)[C@@H]4CCCN4C(=O)c4ccc(C)nc4)cc3)cc2)cn1. The highest BCUT2D eigenvalue weighted by atomic mass is 16.2. The molecule has 0 spiro atoms. The van der Waals surface area contributed by atoms with Crippen molar-refractivity contribution in [1.82, 2.24) is 19.8 Å². The second kappa shape index (κ2) is 14.4. The van der Waals surface area contributed by atoms with Crippen LogP contribution in [0, 0.1) is 13.8 Å². The Bertz CT molecular complexity index is 1680. The number of aryl methyl sites for hydroxylation is 2. The first-order chi connectivity index (χ1) is 23.2. The Hall–Kier alpha value is -5.64. The number of anilines is 2. The van der Waals surface area contributed by atoms with Crippen LogP contribution in [0.5, 0.6) is 0 Å². The maximum absolute atomic E-state index is 13.1. The fraction of sp³-hybridized carbons (Fsp3) is 0.263. The molecule has 2 saturated heterocycles. The van der Waals surface area contributed by atoms with Gasteiger partial charge < -0.3 is 20.4 Å². The predicted octanol–water partition coefficient (Wildman–Crippen LogP) is 5.75. The highest BCUT2D eigenvalue weighted by Crippen LogP contribution is 2.24. The van der Waals surface area contributed by atoms with Crippen LogP contribution in [0.4, 0.5) is 11.4 Å². The third kappa shape index (κ3) is 7.49. The van der Waals surface area contributed by atoms with Crippen molar-refractivity contribution in [1.29, 1.82) is 0 Å². The molecule has 0 saturated carbocycles. The average Bonchev–Trinajstić information content (AvgIpc) is 3.80. The van der Waals surface area contributed by atoms with Crippen LogP contribution in [0.1, 0.15) is 68.9 Å². The molecule has 0 aliphatic carbocycles.